The Morgan fingerprint density at radius 2 is 2.00 bits per heavy atom. The van der Waals surface area contributed by atoms with E-state index in [0.29, 0.717) is 0 Å². The van der Waals surface area contributed by atoms with Gasteiger partial charge in [0.2, 0.25) is 10.0 Å². The van der Waals surface area contributed by atoms with E-state index in [1.165, 1.54) is 11.4 Å². The molecule has 104 valence electrons. The first kappa shape index (κ1) is 17.7. The van der Waals surface area contributed by atoms with Crippen LogP contribution in [-0.2, 0) is 10.0 Å². The Morgan fingerprint density at radius 1 is 1.44 bits per heavy atom. The summed E-state index contributed by atoms with van der Waals surface area (Å²) < 4.78 is 25.8. The van der Waals surface area contributed by atoms with Gasteiger partial charge >= 0.3 is 0 Å². The average Bonchev–Trinajstić information content (AvgIpc) is 2.30. The van der Waals surface area contributed by atoms with Crippen molar-refractivity contribution >= 4 is 34.0 Å². The molecule has 0 bridgehead atoms. The number of sulfonamides is 1. The fourth-order valence-corrected chi connectivity index (χ4v) is 3.28. The summed E-state index contributed by atoms with van der Waals surface area (Å²) in [7, 11) is -2.08. The molecule has 0 aromatic heterocycles. The molecule has 0 radical (unpaired) electrons. The van der Waals surface area contributed by atoms with E-state index in [4.69, 9.17) is 17.3 Å². The number of halogens is 2. The molecule has 0 aliphatic carbocycles. The number of aryl methyl sites for hydroxylation is 1. The van der Waals surface area contributed by atoms with Crippen molar-refractivity contribution in [1.29, 1.82) is 0 Å². The molecule has 0 fully saturated rings. The highest BCUT2D eigenvalue weighted by Gasteiger charge is 2.26. The van der Waals surface area contributed by atoms with Crippen LogP contribution in [0, 0.1) is 6.92 Å². The number of nitrogens with zero attached hydrogens (tertiary/aromatic N) is 1. The maximum Gasteiger partial charge on any atom is 0.244 e. The molecular weight excluding hydrogens is 295 g/mol. The Labute approximate surface area is 120 Å². The zero-order valence-electron chi connectivity index (χ0n) is 10.6. The molecule has 2 N–H and O–H groups in total. The van der Waals surface area contributed by atoms with E-state index in [1.807, 2.05) is 6.92 Å². The number of hydrogen-bond donors (Lipinski definition) is 1. The van der Waals surface area contributed by atoms with Crippen molar-refractivity contribution in [2.75, 3.05) is 13.6 Å². The second-order valence-electron chi connectivity index (χ2n) is 4.04. The second-order valence-corrected chi connectivity index (χ2v) is 6.41. The Hall–Kier alpha value is -0.330. The topological polar surface area (TPSA) is 63.4 Å². The molecular formula is C11H18Cl2N2O2S. The van der Waals surface area contributed by atoms with Gasteiger partial charge in [-0.25, -0.2) is 8.42 Å². The molecule has 0 spiro atoms. The highest BCUT2D eigenvalue weighted by molar-refractivity contribution is 7.89. The molecule has 1 rings (SSSR count). The van der Waals surface area contributed by atoms with Crippen LogP contribution in [0.4, 0.5) is 0 Å². The average molecular weight is 313 g/mol. The predicted octanol–water partition coefficient (Wildman–Crippen LogP) is 2.04. The summed E-state index contributed by atoms with van der Waals surface area (Å²) in [6.07, 6.45) is 0. The highest BCUT2D eigenvalue weighted by atomic mass is 35.5. The molecule has 0 aliphatic rings. The molecule has 18 heavy (non-hydrogen) atoms. The first-order chi connectivity index (χ1) is 7.80. The molecule has 1 aromatic carbocycles. The third-order valence-corrected chi connectivity index (χ3v) is 5.16. The van der Waals surface area contributed by atoms with Crippen LogP contribution in [0.1, 0.15) is 12.5 Å². The maximum absolute atomic E-state index is 12.3. The van der Waals surface area contributed by atoms with E-state index in [9.17, 15) is 8.42 Å². The van der Waals surface area contributed by atoms with Crippen molar-refractivity contribution in [3.63, 3.8) is 0 Å². The smallest absolute Gasteiger partial charge is 0.244 e. The van der Waals surface area contributed by atoms with Gasteiger partial charge in [0.15, 0.2) is 0 Å². The SMILES string of the molecule is Cc1ccc(Cl)c(S(=O)(=O)N(C)C(C)CN)c1.Cl. The normalized spacial score (nSPS) is 13.2. The van der Waals surface area contributed by atoms with Crippen molar-refractivity contribution in [2.45, 2.75) is 24.8 Å². The quantitative estimate of drug-likeness (QED) is 0.925. The van der Waals surface area contributed by atoms with E-state index in [-0.39, 0.29) is 34.9 Å². The minimum atomic E-state index is -3.58. The standard InChI is InChI=1S/C11H17ClN2O2S.ClH/c1-8-4-5-10(12)11(6-8)17(15,16)14(3)9(2)7-13;/h4-6,9H,7,13H2,1-3H3;1H. The van der Waals surface area contributed by atoms with Crippen molar-refractivity contribution in [1.82, 2.24) is 4.31 Å². The molecule has 1 aromatic rings. The highest BCUT2D eigenvalue weighted by Crippen LogP contribution is 2.25. The van der Waals surface area contributed by atoms with E-state index < -0.39 is 10.0 Å². The summed E-state index contributed by atoms with van der Waals surface area (Å²) in [5.74, 6) is 0. The number of nitrogens with two attached hydrogens (primary N) is 1. The van der Waals surface area contributed by atoms with Crippen molar-refractivity contribution in [3.05, 3.63) is 28.8 Å². The summed E-state index contributed by atoms with van der Waals surface area (Å²) in [5.41, 5.74) is 6.33. The van der Waals surface area contributed by atoms with Crippen LogP contribution >= 0.6 is 24.0 Å². The molecule has 0 saturated heterocycles. The second kappa shape index (κ2) is 6.73. The lowest BCUT2D eigenvalue weighted by Gasteiger charge is -2.23. The predicted molar refractivity (Wildman–Crippen MR) is 76.9 cm³/mol. The van der Waals surface area contributed by atoms with E-state index >= 15 is 0 Å². The first-order valence-electron chi connectivity index (χ1n) is 5.25. The zero-order chi connectivity index (χ0) is 13.2. The van der Waals surface area contributed by atoms with Crippen LogP contribution in [0.15, 0.2) is 23.1 Å². The van der Waals surface area contributed by atoms with E-state index in [2.05, 4.69) is 0 Å². The van der Waals surface area contributed by atoms with E-state index in [0.717, 1.165) is 5.56 Å². The monoisotopic (exact) mass is 312 g/mol. The van der Waals surface area contributed by atoms with Gasteiger partial charge in [-0.05, 0) is 31.5 Å². The van der Waals surface area contributed by atoms with Crippen LogP contribution in [-0.4, -0.2) is 32.4 Å². The van der Waals surface area contributed by atoms with Gasteiger partial charge in [-0.2, -0.15) is 4.31 Å². The van der Waals surface area contributed by atoms with Crippen molar-refractivity contribution in [2.24, 2.45) is 5.73 Å². The van der Waals surface area contributed by atoms with Gasteiger partial charge in [-0.15, -0.1) is 12.4 Å². The Bertz CT molecular complexity index is 506. The molecule has 1 unspecified atom stereocenters. The Balaban J connectivity index is 0.00000289. The van der Waals surface area contributed by atoms with Crippen LogP contribution in [0.25, 0.3) is 0 Å². The van der Waals surface area contributed by atoms with E-state index in [1.54, 1.807) is 25.1 Å². The largest absolute Gasteiger partial charge is 0.329 e. The van der Waals surface area contributed by atoms with Crippen molar-refractivity contribution < 1.29 is 8.42 Å². The lowest BCUT2D eigenvalue weighted by Crippen LogP contribution is -2.39. The zero-order valence-corrected chi connectivity index (χ0v) is 12.9. The van der Waals surface area contributed by atoms with Gasteiger partial charge in [0.1, 0.15) is 4.90 Å². The summed E-state index contributed by atoms with van der Waals surface area (Å²) in [6.45, 7) is 3.84. The van der Waals surface area contributed by atoms with Crippen molar-refractivity contribution in [3.8, 4) is 0 Å². The molecule has 0 aliphatic heterocycles. The molecule has 0 amide bonds. The van der Waals surface area contributed by atoms with Gasteiger partial charge < -0.3 is 5.73 Å². The van der Waals surface area contributed by atoms with Gasteiger partial charge in [0.25, 0.3) is 0 Å². The lowest BCUT2D eigenvalue weighted by atomic mass is 10.2. The Kier molecular flexibility index (Phi) is 6.60. The lowest BCUT2D eigenvalue weighted by molar-refractivity contribution is 0.394. The third-order valence-electron chi connectivity index (χ3n) is 2.71. The maximum atomic E-state index is 12.3. The number of rotatable bonds is 4. The van der Waals surface area contributed by atoms with Crippen LogP contribution < -0.4 is 5.73 Å². The fraction of sp³-hybridized carbons (Fsp3) is 0.455. The minimum absolute atomic E-state index is 0. The third kappa shape index (κ3) is 3.59. The Morgan fingerprint density at radius 3 is 2.50 bits per heavy atom. The van der Waals surface area contributed by atoms with Gasteiger partial charge in [0, 0.05) is 19.6 Å². The summed E-state index contributed by atoms with van der Waals surface area (Å²) >= 11 is 5.94. The van der Waals surface area contributed by atoms with Gasteiger partial charge in [-0.3, -0.25) is 0 Å². The summed E-state index contributed by atoms with van der Waals surface area (Å²) in [6, 6.07) is 4.66. The molecule has 7 heteroatoms. The molecule has 1 atom stereocenters. The number of likely N-dealkylation sites (N-methyl/N-ethyl adjacent to an activating group) is 1. The first-order valence-corrected chi connectivity index (χ1v) is 7.06. The van der Waals surface area contributed by atoms with Gasteiger partial charge in [0.05, 0.1) is 5.02 Å². The van der Waals surface area contributed by atoms with Crippen LogP contribution in [0.5, 0.6) is 0 Å². The van der Waals surface area contributed by atoms with Crippen LogP contribution in [0.2, 0.25) is 5.02 Å². The fourth-order valence-electron chi connectivity index (χ4n) is 1.35. The molecule has 4 nitrogen and oxygen atoms in total. The van der Waals surface area contributed by atoms with Crippen LogP contribution in [0.3, 0.4) is 0 Å². The van der Waals surface area contributed by atoms with Gasteiger partial charge in [-0.1, -0.05) is 17.7 Å². The minimum Gasteiger partial charge on any atom is -0.329 e. The summed E-state index contributed by atoms with van der Waals surface area (Å²) in [4.78, 5) is 0.127. The number of benzene rings is 1. The molecule has 0 saturated carbocycles. The number of hydrogen-bond acceptors (Lipinski definition) is 3. The molecule has 0 heterocycles. The summed E-state index contributed by atoms with van der Waals surface area (Å²) in [5, 5.41) is 0.228.